The van der Waals surface area contributed by atoms with Crippen LogP contribution in [0.4, 0.5) is 11.4 Å². The molecule has 4 rings (SSSR count). The van der Waals surface area contributed by atoms with Gasteiger partial charge < -0.3 is 24.8 Å². The van der Waals surface area contributed by atoms with E-state index in [4.69, 9.17) is 14.2 Å². The third-order valence-corrected chi connectivity index (χ3v) is 7.67. The lowest BCUT2D eigenvalue weighted by atomic mass is 10.1. The molecule has 3 aromatic rings. The van der Waals surface area contributed by atoms with Crippen LogP contribution in [0.3, 0.4) is 0 Å². The molecular formula is C31H33N3O6S. The highest BCUT2D eigenvalue weighted by molar-refractivity contribution is 8.04. The number of ether oxygens (including phenoxy) is 3. The summed E-state index contributed by atoms with van der Waals surface area (Å²) in [6, 6.07) is 17.8. The lowest BCUT2D eigenvalue weighted by molar-refractivity contribution is -0.137. The van der Waals surface area contributed by atoms with E-state index in [1.54, 1.807) is 43.5 Å². The van der Waals surface area contributed by atoms with Gasteiger partial charge in [0.2, 0.25) is 0 Å². The van der Waals surface area contributed by atoms with Gasteiger partial charge in [0.1, 0.15) is 22.1 Å². The van der Waals surface area contributed by atoms with Crippen LogP contribution in [-0.4, -0.2) is 57.1 Å². The van der Waals surface area contributed by atoms with E-state index in [0.717, 1.165) is 16.8 Å². The molecule has 9 nitrogen and oxygen atoms in total. The van der Waals surface area contributed by atoms with E-state index in [2.05, 4.69) is 10.6 Å². The number of hydrogen-bond donors (Lipinski definition) is 2. The Labute approximate surface area is 243 Å². The monoisotopic (exact) mass is 575 g/mol. The van der Waals surface area contributed by atoms with Crippen molar-refractivity contribution in [3.05, 3.63) is 88.0 Å². The van der Waals surface area contributed by atoms with Crippen LogP contribution in [0.5, 0.6) is 11.5 Å². The van der Waals surface area contributed by atoms with Crippen LogP contribution in [0.25, 0.3) is 0 Å². The predicted octanol–water partition coefficient (Wildman–Crippen LogP) is 5.39. The van der Waals surface area contributed by atoms with Crippen molar-refractivity contribution in [3.8, 4) is 11.5 Å². The first-order valence-electron chi connectivity index (χ1n) is 13.0. The van der Waals surface area contributed by atoms with Crippen LogP contribution in [0.1, 0.15) is 27.9 Å². The summed E-state index contributed by atoms with van der Waals surface area (Å²) in [4.78, 5) is 42.1. The van der Waals surface area contributed by atoms with Gasteiger partial charge in [-0.3, -0.25) is 19.3 Å². The molecule has 0 radical (unpaired) electrons. The van der Waals surface area contributed by atoms with E-state index in [1.807, 2.05) is 38.1 Å². The molecular weight excluding hydrogens is 542 g/mol. The molecule has 1 aliphatic heterocycles. The Kier molecular flexibility index (Phi) is 9.69. The van der Waals surface area contributed by atoms with Crippen LogP contribution in [-0.2, 0) is 14.3 Å². The van der Waals surface area contributed by atoms with E-state index < -0.39 is 0 Å². The number of aryl methyl sites for hydroxylation is 2. The summed E-state index contributed by atoms with van der Waals surface area (Å²) < 4.78 is 15.7. The second-order valence-electron chi connectivity index (χ2n) is 9.39. The zero-order chi connectivity index (χ0) is 29.5. The molecule has 0 atom stereocenters. The highest BCUT2D eigenvalue weighted by atomic mass is 32.2. The van der Waals surface area contributed by atoms with Gasteiger partial charge in [0, 0.05) is 42.6 Å². The van der Waals surface area contributed by atoms with E-state index in [1.165, 1.54) is 30.9 Å². The number of benzene rings is 3. The summed E-state index contributed by atoms with van der Waals surface area (Å²) in [5.41, 5.74) is 4.00. The van der Waals surface area contributed by atoms with Crippen LogP contribution in [0.2, 0.25) is 0 Å². The van der Waals surface area contributed by atoms with Gasteiger partial charge in [-0.05, 0) is 73.9 Å². The van der Waals surface area contributed by atoms with E-state index in [9.17, 15) is 14.4 Å². The maximum absolute atomic E-state index is 13.5. The molecule has 10 heteroatoms. The minimum atomic E-state index is -0.386. The molecule has 2 N–H and O–H groups in total. The number of carbonyl (C=O) groups is 3. The van der Waals surface area contributed by atoms with Gasteiger partial charge in [-0.25, -0.2) is 0 Å². The van der Waals surface area contributed by atoms with Crippen LogP contribution in [0.15, 0.2) is 76.2 Å². The lowest BCUT2D eigenvalue weighted by Crippen LogP contribution is -2.33. The molecule has 0 aromatic heterocycles. The Morgan fingerprint density at radius 3 is 2.39 bits per heavy atom. The van der Waals surface area contributed by atoms with Gasteiger partial charge in [0.25, 0.3) is 17.7 Å². The van der Waals surface area contributed by atoms with Crippen LogP contribution >= 0.6 is 11.8 Å². The smallest absolute Gasteiger partial charge is 0.278 e. The van der Waals surface area contributed by atoms with Gasteiger partial charge >= 0.3 is 0 Å². The Morgan fingerprint density at radius 2 is 1.68 bits per heavy atom. The average Bonchev–Trinajstić information content (AvgIpc) is 3.18. The fraction of sp³-hybridized carbons (Fsp3) is 0.258. The summed E-state index contributed by atoms with van der Waals surface area (Å²) in [5, 5.41) is 6.07. The standard InChI is InChI=1S/C31H33N3O6S/c1-19-10-11-22(16-20(19)2)32-27-28(31(37)34(30(27)36)14-7-15-38-3)41-24-9-6-8-21(17-24)33-29(35)25-13-12-23(39-4)18-26(25)40-5/h6,8-13,16-18,32H,7,14-15H2,1-5H3,(H,33,35). The number of rotatable bonds is 12. The van der Waals surface area contributed by atoms with E-state index in [-0.39, 0.29) is 34.9 Å². The van der Waals surface area contributed by atoms with Crippen molar-refractivity contribution in [2.75, 3.05) is 45.1 Å². The van der Waals surface area contributed by atoms with Crippen molar-refractivity contribution >= 4 is 40.9 Å². The Morgan fingerprint density at radius 1 is 0.878 bits per heavy atom. The van der Waals surface area contributed by atoms with Crippen LogP contribution < -0.4 is 20.1 Å². The maximum Gasteiger partial charge on any atom is 0.278 e. The number of hydrogen-bond acceptors (Lipinski definition) is 8. The minimum Gasteiger partial charge on any atom is -0.497 e. The second kappa shape index (κ2) is 13.4. The van der Waals surface area contributed by atoms with Gasteiger partial charge in [-0.15, -0.1) is 0 Å². The normalized spacial score (nSPS) is 13.0. The number of methoxy groups -OCH3 is 3. The fourth-order valence-corrected chi connectivity index (χ4v) is 5.24. The number of anilines is 2. The van der Waals surface area contributed by atoms with Crippen molar-refractivity contribution in [1.82, 2.24) is 4.90 Å². The van der Waals surface area contributed by atoms with Crippen molar-refractivity contribution in [2.24, 2.45) is 0 Å². The topological polar surface area (TPSA) is 106 Å². The summed E-state index contributed by atoms with van der Waals surface area (Å²) in [6.07, 6.45) is 0.527. The Balaban J connectivity index is 1.60. The molecule has 3 aromatic carbocycles. The lowest BCUT2D eigenvalue weighted by Gasteiger charge is -2.15. The third kappa shape index (κ3) is 6.90. The number of carbonyl (C=O) groups excluding carboxylic acids is 3. The maximum atomic E-state index is 13.5. The van der Waals surface area contributed by atoms with Gasteiger partial charge in [0.05, 0.1) is 19.8 Å². The van der Waals surface area contributed by atoms with Crippen molar-refractivity contribution in [3.63, 3.8) is 0 Å². The van der Waals surface area contributed by atoms with Crippen molar-refractivity contribution in [1.29, 1.82) is 0 Å². The second-order valence-corrected chi connectivity index (χ2v) is 10.5. The van der Waals surface area contributed by atoms with E-state index in [0.29, 0.717) is 40.7 Å². The summed E-state index contributed by atoms with van der Waals surface area (Å²) in [6.45, 7) is 4.68. The summed E-state index contributed by atoms with van der Waals surface area (Å²) in [7, 11) is 4.60. The molecule has 0 saturated heterocycles. The third-order valence-electron chi connectivity index (χ3n) is 6.60. The molecule has 0 bridgehead atoms. The molecule has 0 spiro atoms. The summed E-state index contributed by atoms with van der Waals surface area (Å²) in [5.74, 6) is -0.173. The molecule has 0 aliphatic carbocycles. The molecule has 214 valence electrons. The van der Waals surface area contributed by atoms with Gasteiger partial charge in [0.15, 0.2) is 0 Å². The quantitative estimate of drug-likeness (QED) is 0.219. The first kappa shape index (κ1) is 29.7. The molecule has 0 fully saturated rings. The average molecular weight is 576 g/mol. The van der Waals surface area contributed by atoms with Crippen molar-refractivity contribution < 1.29 is 28.6 Å². The SMILES string of the molecule is COCCCN1C(=O)C(Nc2ccc(C)c(C)c2)=C(Sc2cccc(NC(=O)c3ccc(OC)cc3OC)c2)C1=O. The first-order chi connectivity index (χ1) is 19.7. The molecule has 0 saturated carbocycles. The van der Waals surface area contributed by atoms with E-state index >= 15 is 0 Å². The molecule has 1 aliphatic rings. The van der Waals surface area contributed by atoms with Crippen LogP contribution in [0, 0.1) is 13.8 Å². The number of thioether (sulfide) groups is 1. The zero-order valence-electron chi connectivity index (χ0n) is 23.7. The molecule has 41 heavy (non-hydrogen) atoms. The van der Waals surface area contributed by atoms with Gasteiger partial charge in [-0.1, -0.05) is 23.9 Å². The fourth-order valence-electron chi connectivity index (χ4n) is 4.23. The highest BCUT2D eigenvalue weighted by Crippen LogP contribution is 2.37. The number of imide groups is 1. The predicted molar refractivity (Wildman–Crippen MR) is 160 cm³/mol. The number of amides is 3. The molecule has 3 amide bonds. The first-order valence-corrected chi connectivity index (χ1v) is 13.8. The Bertz CT molecular complexity index is 1500. The largest absolute Gasteiger partial charge is 0.497 e. The highest BCUT2D eigenvalue weighted by Gasteiger charge is 2.39. The number of nitrogens with one attached hydrogen (secondary N) is 2. The minimum absolute atomic E-state index is 0.220. The summed E-state index contributed by atoms with van der Waals surface area (Å²) >= 11 is 1.17. The van der Waals surface area contributed by atoms with Gasteiger partial charge in [-0.2, -0.15) is 0 Å². The molecule has 1 heterocycles. The van der Waals surface area contributed by atoms with Crippen molar-refractivity contribution in [2.45, 2.75) is 25.2 Å². The number of nitrogens with zero attached hydrogens (tertiary/aromatic N) is 1. The molecule has 0 unspecified atom stereocenters. The Hall–Kier alpha value is -4.28. The zero-order valence-corrected chi connectivity index (χ0v) is 24.5.